The van der Waals surface area contributed by atoms with E-state index in [0.29, 0.717) is 5.60 Å². The van der Waals surface area contributed by atoms with E-state index in [9.17, 15) is 0 Å². The average molecular weight is 134 g/mol. The molecule has 0 aromatic heterocycles. The molecular formula is C9H10O. The van der Waals surface area contributed by atoms with Crippen molar-refractivity contribution in [3.8, 4) is 0 Å². The Labute approximate surface area is 59.7 Å². The quantitative estimate of drug-likeness (QED) is 0.514. The van der Waals surface area contributed by atoms with Gasteiger partial charge in [-0.3, -0.25) is 0 Å². The fraction of sp³-hybridized carbons (Fsp3) is 1.00. The first-order chi connectivity index (χ1) is 4.93. The molecule has 0 aliphatic heterocycles. The fourth-order valence-corrected chi connectivity index (χ4v) is 5.73. The summed E-state index contributed by atoms with van der Waals surface area (Å²) < 4.78 is 5.65. The Kier molecular flexibility index (Phi) is 0.298. The topological polar surface area (TPSA) is 9.23 Å². The van der Waals surface area contributed by atoms with Crippen molar-refractivity contribution in [3.63, 3.8) is 0 Å². The van der Waals surface area contributed by atoms with Crippen LogP contribution < -0.4 is 0 Å². The number of ether oxygens (including phenoxy) is 1. The van der Waals surface area contributed by atoms with Gasteiger partial charge in [-0.1, -0.05) is 0 Å². The van der Waals surface area contributed by atoms with E-state index in [1.165, 1.54) is 23.7 Å². The molecule has 6 fully saturated rings. The zero-order chi connectivity index (χ0) is 6.25. The molecule has 52 valence electrons. The first-order valence-corrected chi connectivity index (χ1v) is 4.48. The van der Waals surface area contributed by atoms with Crippen molar-refractivity contribution in [2.45, 2.75) is 5.60 Å². The molecule has 0 spiro atoms. The minimum Gasteiger partial charge on any atom is -0.377 e. The monoisotopic (exact) mass is 134 g/mol. The first-order valence-electron chi connectivity index (χ1n) is 4.48. The van der Waals surface area contributed by atoms with Gasteiger partial charge in [0, 0.05) is 7.11 Å². The van der Waals surface area contributed by atoms with Crippen LogP contribution in [0.5, 0.6) is 0 Å². The Morgan fingerprint density at radius 3 is 1.70 bits per heavy atom. The number of rotatable bonds is 1. The minimum absolute atomic E-state index is 0.509. The second kappa shape index (κ2) is 0.726. The van der Waals surface area contributed by atoms with Gasteiger partial charge in [0.2, 0.25) is 0 Å². The smallest absolute Gasteiger partial charge is 0.0779 e. The van der Waals surface area contributed by atoms with Crippen LogP contribution in [-0.2, 0) is 4.74 Å². The van der Waals surface area contributed by atoms with E-state index in [2.05, 4.69) is 0 Å². The van der Waals surface area contributed by atoms with Gasteiger partial charge < -0.3 is 4.74 Å². The summed E-state index contributed by atoms with van der Waals surface area (Å²) >= 11 is 0. The first kappa shape index (κ1) is 4.10. The van der Waals surface area contributed by atoms with E-state index in [-0.39, 0.29) is 0 Å². The third kappa shape index (κ3) is 0.119. The van der Waals surface area contributed by atoms with Crippen molar-refractivity contribution in [2.75, 3.05) is 7.11 Å². The van der Waals surface area contributed by atoms with E-state index >= 15 is 0 Å². The van der Waals surface area contributed by atoms with Crippen LogP contribution in [0.1, 0.15) is 0 Å². The van der Waals surface area contributed by atoms with Gasteiger partial charge in [-0.25, -0.2) is 0 Å². The molecule has 0 heterocycles. The van der Waals surface area contributed by atoms with Gasteiger partial charge >= 0.3 is 0 Å². The Morgan fingerprint density at radius 2 is 1.40 bits per heavy atom. The minimum atomic E-state index is 0.509. The van der Waals surface area contributed by atoms with Crippen LogP contribution in [0, 0.1) is 41.4 Å². The Morgan fingerprint density at radius 1 is 0.900 bits per heavy atom. The van der Waals surface area contributed by atoms with E-state index in [0.717, 1.165) is 17.8 Å². The van der Waals surface area contributed by atoms with Crippen molar-refractivity contribution < 1.29 is 4.74 Å². The molecule has 0 saturated heterocycles. The standard InChI is InChI=1S/C9H10O/c1-10-9-6-3-2-4(6)8(9)5(2)7(3)9/h2-8H,1H3. The molecule has 1 nitrogen and oxygen atoms in total. The third-order valence-corrected chi connectivity index (χ3v) is 5.74. The molecule has 0 aromatic carbocycles. The number of methoxy groups -OCH3 is 1. The van der Waals surface area contributed by atoms with Gasteiger partial charge in [0.05, 0.1) is 5.60 Å². The Hall–Kier alpha value is -0.0400. The molecule has 0 aromatic rings. The van der Waals surface area contributed by atoms with Gasteiger partial charge in [-0.05, 0) is 41.4 Å². The molecule has 0 radical (unpaired) electrons. The van der Waals surface area contributed by atoms with Gasteiger partial charge in [0.25, 0.3) is 0 Å². The lowest BCUT2D eigenvalue weighted by Crippen LogP contribution is -3.09. The average Bonchev–Trinajstić information content (AvgIpc) is 2.05. The normalized spacial score (nSPS) is 96.3. The molecule has 1 heteroatoms. The third-order valence-electron chi connectivity index (χ3n) is 5.74. The summed E-state index contributed by atoms with van der Waals surface area (Å²) in [6.45, 7) is 0. The molecule has 0 unspecified atom stereocenters. The molecular weight excluding hydrogens is 124 g/mol. The van der Waals surface area contributed by atoms with E-state index in [1.807, 2.05) is 7.11 Å². The molecule has 6 rings (SSSR count). The zero-order valence-electron chi connectivity index (χ0n) is 5.95. The summed E-state index contributed by atoms with van der Waals surface area (Å²) in [6, 6.07) is 0. The van der Waals surface area contributed by atoms with E-state index in [1.54, 1.807) is 0 Å². The zero-order valence-corrected chi connectivity index (χ0v) is 5.95. The summed E-state index contributed by atoms with van der Waals surface area (Å²) in [5.41, 5.74) is 0.509. The molecule has 6 saturated carbocycles. The largest absolute Gasteiger partial charge is 0.377 e. The lowest BCUT2D eigenvalue weighted by Gasteiger charge is -3.06. The highest BCUT2D eigenvalue weighted by Gasteiger charge is 3.05. The predicted octanol–water partition coefficient (Wildman–Crippen LogP) is 0.753. The summed E-state index contributed by atoms with van der Waals surface area (Å²) in [6.07, 6.45) is 0. The van der Waals surface area contributed by atoms with Crippen molar-refractivity contribution in [1.29, 1.82) is 0 Å². The Balaban J connectivity index is 1.79. The molecule has 0 atom stereocenters. The second-order valence-corrected chi connectivity index (χ2v) is 4.94. The van der Waals surface area contributed by atoms with Crippen LogP contribution in [-0.4, -0.2) is 12.7 Å². The molecule has 10 heavy (non-hydrogen) atoms. The van der Waals surface area contributed by atoms with Crippen LogP contribution in [0.15, 0.2) is 0 Å². The SMILES string of the molecule is COC12C3C4C5C3C1C5C42. The van der Waals surface area contributed by atoms with Crippen molar-refractivity contribution in [3.05, 3.63) is 0 Å². The summed E-state index contributed by atoms with van der Waals surface area (Å²) in [7, 11) is 1.93. The van der Waals surface area contributed by atoms with Gasteiger partial charge in [-0.2, -0.15) is 0 Å². The highest BCUT2D eigenvalue weighted by atomic mass is 16.5. The molecule has 0 N–H and O–H groups in total. The lowest BCUT2D eigenvalue weighted by molar-refractivity contribution is -0.623. The van der Waals surface area contributed by atoms with Crippen LogP contribution in [0.4, 0.5) is 0 Å². The summed E-state index contributed by atoms with van der Waals surface area (Å²) in [4.78, 5) is 0. The van der Waals surface area contributed by atoms with Gasteiger partial charge in [-0.15, -0.1) is 0 Å². The van der Waals surface area contributed by atoms with Gasteiger partial charge in [0.15, 0.2) is 0 Å². The van der Waals surface area contributed by atoms with Crippen LogP contribution in [0.2, 0.25) is 0 Å². The van der Waals surface area contributed by atoms with E-state index < -0.39 is 0 Å². The molecule has 6 aliphatic carbocycles. The predicted molar refractivity (Wildman–Crippen MR) is 34.2 cm³/mol. The van der Waals surface area contributed by atoms with Crippen LogP contribution >= 0.6 is 0 Å². The van der Waals surface area contributed by atoms with Crippen LogP contribution in [0.25, 0.3) is 0 Å². The van der Waals surface area contributed by atoms with E-state index in [4.69, 9.17) is 4.74 Å². The Bertz CT molecular complexity index is 219. The highest BCUT2D eigenvalue weighted by molar-refractivity contribution is 5.52. The van der Waals surface area contributed by atoms with Crippen molar-refractivity contribution >= 4 is 0 Å². The summed E-state index contributed by atoms with van der Waals surface area (Å²) in [5, 5.41) is 0. The number of hydrogen-bond acceptors (Lipinski definition) is 1. The maximum Gasteiger partial charge on any atom is 0.0779 e. The molecule has 0 amide bonds. The lowest BCUT2D eigenvalue weighted by atomic mass is 8.99. The van der Waals surface area contributed by atoms with Crippen molar-refractivity contribution in [1.82, 2.24) is 0 Å². The van der Waals surface area contributed by atoms with Gasteiger partial charge in [0.1, 0.15) is 0 Å². The second-order valence-electron chi connectivity index (χ2n) is 4.94. The number of hydrogen-bond donors (Lipinski definition) is 0. The highest BCUT2D eigenvalue weighted by Crippen LogP contribution is 3.03. The molecule has 0 bridgehead atoms. The summed E-state index contributed by atoms with van der Waals surface area (Å²) in [5.74, 6) is 7.99. The van der Waals surface area contributed by atoms with Crippen molar-refractivity contribution in [2.24, 2.45) is 41.4 Å². The van der Waals surface area contributed by atoms with Crippen LogP contribution in [0.3, 0.4) is 0 Å². The maximum absolute atomic E-state index is 5.65. The maximum atomic E-state index is 5.65. The fourth-order valence-electron chi connectivity index (χ4n) is 5.73. The molecule has 6 aliphatic rings.